The minimum Gasteiger partial charge on any atom is -0.316 e. The third kappa shape index (κ3) is 3.69. The molecule has 1 aromatic rings. The summed E-state index contributed by atoms with van der Waals surface area (Å²) in [5, 5.41) is 3.17. The van der Waals surface area contributed by atoms with E-state index in [-0.39, 0.29) is 0 Å². The Morgan fingerprint density at radius 3 is 2.53 bits per heavy atom. The smallest absolute Gasteiger partial charge is 0.0237 e. The Morgan fingerprint density at radius 1 is 1.18 bits per heavy atom. The number of rotatable bonds is 4. The third-order valence-electron chi connectivity index (χ3n) is 3.22. The second kappa shape index (κ2) is 5.99. The minimum absolute atomic E-state index is 0.950. The molecule has 0 unspecified atom stereocenters. The highest BCUT2D eigenvalue weighted by Crippen LogP contribution is 2.13. The van der Waals surface area contributed by atoms with E-state index in [9.17, 15) is 0 Å². The first-order valence-electron chi connectivity index (χ1n) is 6.38. The molecular formula is C15H22N2. The fraction of sp³-hybridized carbons (Fsp3) is 0.467. The van der Waals surface area contributed by atoms with Crippen molar-refractivity contribution in [3.05, 3.63) is 47.0 Å². The molecule has 2 nitrogen and oxygen atoms in total. The van der Waals surface area contributed by atoms with Gasteiger partial charge in [0.1, 0.15) is 0 Å². The van der Waals surface area contributed by atoms with Crippen molar-refractivity contribution < 1.29 is 0 Å². The van der Waals surface area contributed by atoms with Crippen LogP contribution in [0.2, 0.25) is 0 Å². The SMILES string of the molecule is CNCc1ccc(CN2CCC=C(C)C2)cc1. The van der Waals surface area contributed by atoms with Gasteiger partial charge in [-0.1, -0.05) is 35.9 Å². The van der Waals surface area contributed by atoms with Crippen molar-refractivity contribution in [2.24, 2.45) is 0 Å². The maximum Gasteiger partial charge on any atom is 0.0237 e. The Hall–Kier alpha value is -1.12. The van der Waals surface area contributed by atoms with Gasteiger partial charge in [0.05, 0.1) is 0 Å². The van der Waals surface area contributed by atoms with Gasteiger partial charge in [-0.15, -0.1) is 0 Å². The van der Waals surface area contributed by atoms with Crippen molar-refractivity contribution in [3.63, 3.8) is 0 Å². The predicted molar refractivity (Wildman–Crippen MR) is 72.9 cm³/mol. The summed E-state index contributed by atoms with van der Waals surface area (Å²) in [6.07, 6.45) is 3.55. The van der Waals surface area contributed by atoms with E-state index in [2.05, 4.69) is 47.5 Å². The maximum absolute atomic E-state index is 3.17. The van der Waals surface area contributed by atoms with Gasteiger partial charge >= 0.3 is 0 Å². The number of nitrogens with zero attached hydrogens (tertiary/aromatic N) is 1. The van der Waals surface area contributed by atoms with Crippen LogP contribution in [0.3, 0.4) is 0 Å². The topological polar surface area (TPSA) is 15.3 Å². The van der Waals surface area contributed by atoms with Crippen LogP contribution in [0.1, 0.15) is 24.5 Å². The molecule has 1 aliphatic heterocycles. The molecule has 2 rings (SSSR count). The summed E-state index contributed by atoms with van der Waals surface area (Å²) in [6, 6.07) is 8.94. The summed E-state index contributed by atoms with van der Waals surface area (Å²) in [5.74, 6) is 0. The largest absolute Gasteiger partial charge is 0.316 e. The second-order valence-corrected chi connectivity index (χ2v) is 4.90. The quantitative estimate of drug-likeness (QED) is 0.800. The minimum atomic E-state index is 0.950. The van der Waals surface area contributed by atoms with Gasteiger partial charge in [-0.2, -0.15) is 0 Å². The van der Waals surface area contributed by atoms with E-state index in [0.717, 1.165) is 19.6 Å². The van der Waals surface area contributed by atoms with Crippen LogP contribution in [0.15, 0.2) is 35.9 Å². The summed E-state index contributed by atoms with van der Waals surface area (Å²) in [4.78, 5) is 2.52. The molecular weight excluding hydrogens is 208 g/mol. The average molecular weight is 230 g/mol. The number of benzene rings is 1. The van der Waals surface area contributed by atoms with E-state index in [1.165, 1.54) is 29.7 Å². The van der Waals surface area contributed by atoms with E-state index in [1.807, 2.05) is 7.05 Å². The molecule has 1 N–H and O–H groups in total. The molecule has 0 saturated heterocycles. The van der Waals surface area contributed by atoms with Gasteiger partial charge in [-0.25, -0.2) is 0 Å². The summed E-state index contributed by atoms with van der Waals surface area (Å²) >= 11 is 0. The Bertz CT molecular complexity index is 378. The van der Waals surface area contributed by atoms with Gasteiger partial charge in [0, 0.05) is 26.2 Å². The van der Waals surface area contributed by atoms with E-state index in [1.54, 1.807) is 0 Å². The molecule has 0 bridgehead atoms. The molecule has 0 saturated carbocycles. The third-order valence-corrected chi connectivity index (χ3v) is 3.22. The van der Waals surface area contributed by atoms with Crippen LogP contribution in [0.4, 0.5) is 0 Å². The Balaban J connectivity index is 1.92. The van der Waals surface area contributed by atoms with Crippen LogP contribution in [0, 0.1) is 0 Å². The molecule has 92 valence electrons. The van der Waals surface area contributed by atoms with Crippen molar-refractivity contribution in [2.75, 3.05) is 20.1 Å². The van der Waals surface area contributed by atoms with Gasteiger partial charge in [-0.05, 0) is 31.5 Å². The van der Waals surface area contributed by atoms with E-state index in [0.29, 0.717) is 0 Å². The van der Waals surface area contributed by atoms with Crippen molar-refractivity contribution in [1.29, 1.82) is 0 Å². The lowest BCUT2D eigenvalue weighted by Gasteiger charge is -2.26. The first-order valence-corrected chi connectivity index (χ1v) is 6.38. The summed E-state index contributed by atoms with van der Waals surface area (Å²) in [5.41, 5.74) is 4.27. The molecule has 0 amide bonds. The molecule has 0 spiro atoms. The second-order valence-electron chi connectivity index (χ2n) is 4.90. The highest BCUT2D eigenvalue weighted by molar-refractivity contribution is 5.22. The number of hydrogen-bond donors (Lipinski definition) is 1. The fourth-order valence-corrected chi connectivity index (χ4v) is 2.35. The van der Waals surface area contributed by atoms with Crippen LogP contribution in [-0.4, -0.2) is 25.0 Å². The summed E-state index contributed by atoms with van der Waals surface area (Å²) in [6.45, 7) is 6.56. The van der Waals surface area contributed by atoms with Gasteiger partial charge in [-0.3, -0.25) is 4.90 Å². The van der Waals surface area contributed by atoms with Crippen molar-refractivity contribution in [3.8, 4) is 0 Å². The molecule has 0 fully saturated rings. The zero-order valence-corrected chi connectivity index (χ0v) is 10.9. The van der Waals surface area contributed by atoms with Crippen LogP contribution in [-0.2, 0) is 13.1 Å². The average Bonchev–Trinajstić information content (AvgIpc) is 2.32. The highest BCUT2D eigenvalue weighted by Gasteiger charge is 2.09. The summed E-state index contributed by atoms with van der Waals surface area (Å²) in [7, 11) is 1.98. The number of hydrogen-bond acceptors (Lipinski definition) is 2. The Morgan fingerprint density at radius 2 is 1.88 bits per heavy atom. The maximum atomic E-state index is 3.17. The molecule has 1 aliphatic rings. The van der Waals surface area contributed by atoms with Crippen LogP contribution >= 0.6 is 0 Å². The lowest BCUT2D eigenvalue weighted by Crippen LogP contribution is -2.28. The zero-order valence-electron chi connectivity index (χ0n) is 10.9. The van der Waals surface area contributed by atoms with Gasteiger partial charge in [0.15, 0.2) is 0 Å². The van der Waals surface area contributed by atoms with Crippen LogP contribution in [0.5, 0.6) is 0 Å². The summed E-state index contributed by atoms with van der Waals surface area (Å²) < 4.78 is 0. The molecule has 17 heavy (non-hydrogen) atoms. The molecule has 1 aromatic carbocycles. The van der Waals surface area contributed by atoms with Gasteiger partial charge < -0.3 is 5.32 Å². The molecule has 2 heteroatoms. The van der Waals surface area contributed by atoms with E-state index in [4.69, 9.17) is 0 Å². The lowest BCUT2D eigenvalue weighted by atomic mass is 10.1. The molecule has 0 radical (unpaired) electrons. The molecule has 0 aromatic heterocycles. The fourth-order valence-electron chi connectivity index (χ4n) is 2.35. The van der Waals surface area contributed by atoms with Gasteiger partial charge in [0.2, 0.25) is 0 Å². The van der Waals surface area contributed by atoms with Gasteiger partial charge in [0.25, 0.3) is 0 Å². The first-order chi connectivity index (χ1) is 8.28. The predicted octanol–water partition coefficient (Wildman–Crippen LogP) is 2.56. The zero-order chi connectivity index (χ0) is 12.1. The highest BCUT2D eigenvalue weighted by atomic mass is 15.1. The van der Waals surface area contributed by atoms with Crippen molar-refractivity contribution >= 4 is 0 Å². The van der Waals surface area contributed by atoms with Crippen LogP contribution < -0.4 is 5.32 Å². The lowest BCUT2D eigenvalue weighted by molar-refractivity contribution is 0.282. The van der Waals surface area contributed by atoms with E-state index < -0.39 is 0 Å². The van der Waals surface area contributed by atoms with Crippen molar-refractivity contribution in [1.82, 2.24) is 10.2 Å². The van der Waals surface area contributed by atoms with Crippen LogP contribution in [0.25, 0.3) is 0 Å². The standard InChI is InChI=1S/C15H22N2/c1-13-4-3-9-17(11-13)12-15-7-5-14(6-8-15)10-16-2/h4-8,16H,3,9-12H2,1-2H3. The molecule has 0 aliphatic carbocycles. The molecule has 0 atom stereocenters. The Kier molecular flexibility index (Phi) is 4.35. The number of nitrogens with one attached hydrogen (secondary N) is 1. The molecule has 1 heterocycles. The first kappa shape index (κ1) is 12.3. The van der Waals surface area contributed by atoms with Crippen molar-refractivity contribution in [2.45, 2.75) is 26.4 Å². The normalized spacial score (nSPS) is 16.9. The monoisotopic (exact) mass is 230 g/mol. The Labute approximate surface area is 104 Å². The van der Waals surface area contributed by atoms with E-state index >= 15 is 0 Å².